The van der Waals surface area contributed by atoms with Crippen LogP contribution < -0.4 is 15.8 Å². The van der Waals surface area contributed by atoms with Crippen LogP contribution in [0.5, 0.6) is 0 Å². The number of hydrogen-bond donors (Lipinski definition) is 2. The second-order valence-corrected chi connectivity index (χ2v) is 8.61. The van der Waals surface area contributed by atoms with Crippen molar-refractivity contribution < 1.29 is 9.32 Å². The van der Waals surface area contributed by atoms with Gasteiger partial charge in [-0.1, -0.05) is 19.0 Å². The Kier molecular flexibility index (Phi) is 5.90. The molecule has 10 nitrogen and oxygen atoms in total. The summed E-state index contributed by atoms with van der Waals surface area (Å²) in [5, 5.41) is 12.9. The quantitative estimate of drug-likeness (QED) is 0.312. The average Bonchev–Trinajstić information content (AvgIpc) is 3.47. The van der Waals surface area contributed by atoms with E-state index in [1.807, 2.05) is 18.7 Å². The van der Waals surface area contributed by atoms with Gasteiger partial charge in [0.15, 0.2) is 5.82 Å². The van der Waals surface area contributed by atoms with Gasteiger partial charge in [0.2, 0.25) is 0 Å². The van der Waals surface area contributed by atoms with Gasteiger partial charge in [0.05, 0.1) is 5.56 Å². The number of nitrogens with two attached hydrogens (primary N) is 1. The number of amides is 1. The minimum Gasteiger partial charge on any atom is -0.332 e. The molecule has 1 aliphatic heterocycles. The molecule has 1 saturated carbocycles. The van der Waals surface area contributed by atoms with Crippen LogP contribution in [0, 0.1) is 5.41 Å². The summed E-state index contributed by atoms with van der Waals surface area (Å²) >= 11 is 0. The molecule has 2 aliphatic rings. The number of hydrogen-bond acceptors (Lipinski definition) is 8. The first kappa shape index (κ1) is 21.2. The lowest BCUT2D eigenvalue weighted by Crippen LogP contribution is -2.48. The van der Waals surface area contributed by atoms with E-state index in [4.69, 9.17) is 15.8 Å². The second kappa shape index (κ2) is 8.62. The summed E-state index contributed by atoms with van der Waals surface area (Å²) in [6, 6.07) is 4.47. The summed E-state index contributed by atoms with van der Waals surface area (Å²) in [7, 11) is 0. The normalized spacial score (nSPS) is 17.1. The zero-order valence-corrected chi connectivity index (χ0v) is 18.3. The predicted molar refractivity (Wildman–Crippen MR) is 117 cm³/mol. The zero-order valence-electron chi connectivity index (χ0n) is 18.3. The Morgan fingerprint density at radius 2 is 1.90 bits per heavy atom. The van der Waals surface area contributed by atoms with Crippen molar-refractivity contribution in [3.05, 3.63) is 29.7 Å². The van der Waals surface area contributed by atoms with Crippen molar-refractivity contribution in [2.45, 2.75) is 64.5 Å². The van der Waals surface area contributed by atoms with Crippen molar-refractivity contribution in [2.75, 3.05) is 23.0 Å². The Balaban J connectivity index is 1.42. The highest BCUT2D eigenvalue weighted by atomic mass is 16.5. The summed E-state index contributed by atoms with van der Waals surface area (Å²) in [4.78, 5) is 26.2. The monoisotopic (exact) mass is 426 g/mol. The molecule has 0 spiro atoms. The molecule has 0 aromatic carbocycles. The number of nitrogens with one attached hydrogen (secondary N) is 1. The summed E-state index contributed by atoms with van der Waals surface area (Å²) in [5.74, 6) is 7.39. The summed E-state index contributed by atoms with van der Waals surface area (Å²) in [5.41, 5.74) is 0.549. The number of aromatic nitrogens is 3. The fourth-order valence-corrected chi connectivity index (χ4v) is 3.88. The van der Waals surface area contributed by atoms with E-state index in [-0.39, 0.29) is 23.7 Å². The lowest BCUT2D eigenvalue weighted by molar-refractivity contribution is 0.0629. The van der Waals surface area contributed by atoms with Crippen molar-refractivity contribution in [3.8, 4) is 0 Å². The molecule has 0 unspecified atom stereocenters. The van der Waals surface area contributed by atoms with Crippen LogP contribution in [0.2, 0.25) is 0 Å². The minimum atomic E-state index is 0.00929. The van der Waals surface area contributed by atoms with Crippen molar-refractivity contribution in [3.63, 3.8) is 0 Å². The zero-order chi connectivity index (χ0) is 22.1. The molecule has 31 heavy (non-hydrogen) atoms. The van der Waals surface area contributed by atoms with E-state index >= 15 is 0 Å². The average molecular weight is 427 g/mol. The highest BCUT2D eigenvalue weighted by Crippen LogP contribution is 2.34. The molecule has 10 heteroatoms. The van der Waals surface area contributed by atoms with Crippen LogP contribution in [0.25, 0.3) is 0 Å². The molecule has 1 saturated heterocycles. The SMILES string of the molecule is CC(=N)N(N)c1ccc(C(=O)N(C2CC2)C2CCN(c3nc(C(C)C)no3)CC2)cn1. The number of nitrogens with zero attached hydrogens (tertiary/aromatic N) is 6. The Morgan fingerprint density at radius 1 is 1.23 bits per heavy atom. The molecule has 2 aromatic heterocycles. The van der Waals surface area contributed by atoms with Crippen molar-refractivity contribution in [1.29, 1.82) is 5.41 Å². The van der Waals surface area contributed by atoms with E-state index in [1.165, 1.54) is 5.01 Å². The van der Waals surface area contributed by atoms with Crippen LogP contribution in [0.1, 0.15) is 68.6 Å². The molecule has 0 radical (unpaired) electrons. The smallest absolute Gasteiger partial charge is 0.324 e. The van der Waals surface area contributed by atoms with Gasteiger partial charge in [0.1, 0.15) is 11.7 Å². The maximum Gasteiger partial charge on any atom is 0.324 e. The molecule has 1 aliphatic carbocycles. The number of carbonyl (C=O) groups is 1. The topological polar surface area (TPSA) is 128 Å². The van der Waals surface area contributed by atoms with Gasteiger partial charge in [-0.25, -0.2) is 15.8 Å². The molecule has 4 rings (SSSR count). The number of pyridine rings is 1. The Hall–Kier alpha value is -3.01. The van der Waals surface area contributed by atoms with Gasteiger partial charge in [-0.2, -0.15) is 4.98 Å². The Labute approximate surface area is 181 Å². The van der Waals surface area contributed by atoms with Gasteiger partial charge in [-0.15, -0.1) is 0 Å². The van der Waals surface area contributed by atoms with Crippen LogP contribution in [0.15, 0.2) is 22.9 Å². The van der Waals surface area contributed by atoms with Gasteiger partial charge in [0.25, 0.3) is 5.91 Å². The fourth-order valence-electron chi connectivity index (χ4n) is 3.88. The number of hydrazine groups is 1. The molecular formula is C21H30N8O2. The first-order valence-corrected chi connectivity index (χ1v) is 10.8. The number of anilines is 2. The van der Waals surface area contributed by atoms with Crippen LogP contribution in [0.3, 0.4) is 0 Å². The van der Waals surface area contributed by atoms with Crippen LogP contribution in [0.4, 0.5) is 11.8 Å². The molecule has 0 atom stereocenters. The summed E-state index contributed by atoms with van der Waals surface area (Å²) in [6.45, 7) is 7.22. The van der Waals surface area contributed by atoms with Crippen molar-refractivity contribution in [1.82, 2.24) is 20.0 Å². The molecule has 166 valence electrons. The van der Waals surface area contributed by atoms with Crippen LogP contribution in [-0.4, -0.2) is 56.9 Å². The molecule has 3 N–H and O–H groups in total. The Bertz CT molecular complexity index is 929. The van der Waals surface area contributed by atoms with Crippen LogP contribution >= 0.6 is 0 Å². The number of piperidine rings is 1. The first-order chi connectivity index (χ1) is 14.8. The van der Waals surface area contributed by atoms with E-state index in [9.17, 15) is 4.79 Å². The Morgan fingerprint density at radius 3 is 2.42 bits per heavy atom. The number of rotatable bonds is 6. The highest BCUT2D eigenvalue weighted by molar-refractivity contribution is 5.95. The standard InChI is InChI=1S/C21H30N8O2/c1-13(2)19-25-21(31-26-19)27-10-8-17(9-11-27)28(16-5-6-16)20(30)15-4-7-18(24-12-15)29(23)14(3)22/h4,7,12-13,16-17,22H,5-6,8-11,23H2,1-3H3. The third-order valence-electron chi connectivity index (χ3n) is 5.85. The summed E-state index contributed by atoms with van der Waals surface area (Å²) < 4.78 is 5.43. The van der Waals surface area contributed by atoms with E-state index in [0.717, 1.165) is 44.6 Å². The molecule has 3 heterocycles. The fraction of sp³-hybridized carbons (Fsp3) is 0.571. The third-order valence-corrected chi connectivity index (χ3v) is 5.85. The van der Waals surface area contributed by atoms with Crippen molar-refractivity contribution >= 4 is 23.6 Å². The molecule has 0 bridgehead atoms. The maximum absolute atomic E-state index is 13.3. The first-order valence-electron chi connectivity index (χ1n) is 10.8. The number of amidine groups is 1. The van der Waals surface area contributed by atoms with E-state index in [2.05, 4.69) is 20.0 Å². The molecule has 1 amide bonds. The van der Waals surface area contributed by atoms with Gasteiger partial charge in [0, 0.05) is 37.3 Å². The highest BCUT2D eigenvalue weighted by Gasteiger charge is 2.39. The van der Waals surface area contributed by atoms with Gasteiger partial charge < -0.3 is 14.3 Å². The van der Waals surface area contributed by atoms with Gasteiger partial charge in [-0.3, -0.25) is 10.2 Å². The molecular weight excluding hydrogens is 396 g/mol. The predicted octanol–water partition coefficient (Wildman–Crippen LogP) is 2.54. The number of carbonyl (C=O) groups excluding carboxylic acids is 1. The van der Waals surface area contributed by atoms with Gasteiger partial charge in [-0.05, 0) is 44.7 Å². The summed E-state index contributed by atoms with van der Waals surface area (Å²) in [6.07, 6.45) is 5.36. The second-order valence-electron chi connectivity index (χ2n) is 8.61. The molecule has 2 aromatic rings. The van der Waals surface area contributed by atoms with Crippen LogP contribution in [-0.2, 0) is 0 Å². The van der Waals surface area contributed by atoms with Gasteiger partial charge >= 0.3 is 6.01 Å². The lowest BCUT2D eigenvalue weighted by atomic mass is 10.0. The largest absolute Gasteiger partial charge is 0.332 e. The van der Waals surface area contributed by atoms with E-state index in [1.54, 1.807) is 25.3 Å². The lowest BCUT2D eigenvalue weighted by Gasteiger charge is -2.38. The molecule has 2 fully saturated rings. The van der Waals surface area contributed by atoms with E-state index in [0.29, 0.717) is 23.4 Å². The van der Waals surface area contributed by atoms with E-state index < -0.39 is 0 Å². The third kappa shape index (κ3) is 4.53. The minimum absolute atomic E-state index is 0.00929. The van der Waals surface area contributed by atoms with Crippen molar-refractivity contribution in [2.24, 2.45) is 5.84 Å². The maximum atomic E-state index is 13.3.